The predicted molar refractivity (Wildman–Crippen MR) is 119 cm³/mol. The molecular formula is C19H21Cl2N5S. The number of aryl methyl sites for hydroxylation is 1. The number of benzene rings is 1. The van der Waals surface area contributed by atoms with Gasteiger partial charge in [0.05, 0.1) is 12.1 Å². The summed E-state index contributed by atoms with van der Waals surface area (Å²) in [5.41, 5.74) is 3.61. The number of pyridine rings is 1. The average Bonchev–Trinajstić information content (AvgIpc) is 2.62. The van der Waals surface area contributed by atoms with E-state index < -0.39 is 0 Å². The van der Waals surface area contributed by atoms with E-state index in [2.05, 4.69) is 20.2 Å². The van der Waals surface area contributed by atoms with E-state index in [0.29, 0.717) is 21.0 Å². The van der Waals surface area contributed by atoms with Gasteiger partial charge in [0.15, 0.2) is 0 Å². The highest BCUT2D eigenvalue weighted by molar-refractivity contribution is 8.13. The Bertz CT molecular complexity index is 861. The Labute approximate surface area is 174 Å². The monoisotopic (exact) mass is 421 g/mol. The Morgan fingerprint density at radius 1 is 1.19 bits per heavy atom. The fraction of sp³-hybridized carbons (Fsp3) is 0.263. The van der Waals surface area contributed by atoms with Crippen LogP contribution in [-0.2, 0) is 5.75 Å². The van der Waals surface area contributed by atoms with E-state index in [9.17, 15) is 0 Å². The van der Waals surface area contributed by atoms with Crippen LogP contribution < -0.4 is 0 Å². The zero-order valence-electron chi connectivity index (χ0n) is 15.6. The Balaban J connectivity index is 2.18. The minimum atomic E-state index is 0.536. The third-order valence-corrected chi connectivity index (χ3v) is 4.87. The average molecular weight is 422 g/mol. The van der Waals surface area contributed by atoms with Gasteiger partial charge in [-0.15, -0.1) is 5.10 Å². The molecule has 0 radical (unpaired) electrons. The number of aliphatic imine (C=N–C) groups is 1. The second kappa shape index (κ2) is 10.4. The van der Waals surface area contributed by atoms with Crippen molar-refractivity contribution in [2.24, 2.45) is 15.2 Å². The molecule has 0 saturated carbocycles. The predicted octanol–water partition coefficient (Wildman–Crippen LogP) is 5.30. The molecule has 1 aromatic carbocycles. The van der Waals surface area contributed by atoms with Gasteiger partial charge in [-0.05, 0) is 43.7 Å². The number of thioether (sulfide) groups is 1. The van der Waals surface area contributed by atoms with Crippen LogP contribution in [0.15, 0.2) is 51.7 Å². The van der Waals surface area contributed by atoms with Crippen LogP contribution >= 0.6 is 35.0 Å². The number of rotatable bonds is 5. The zero-order chi connectivity index (χ0) is 19.8. The van der Waals surface area contributed by atoms with E-state index in [1.807, 2.05) is 57.1 Å². The maximum absolute atomic E-state index is 6.24. The van der Waals surface area contributed by atoms with Crippen molar-refractivity contribution in [2.45, 2.75) is 19.6 Å². The molecule has 0 aliphatic rings. The molecule has 0 aliphatic heterocycles. The lowest BCUT2D eigenvalue weighted by Crippen LogP contribution is -2.09. The van der Waals surface area contributed by atoms with Crippen molar-refractivity contribution in [3.8, 4) is 0 Å². The van der Waals surface area contributed by atoms with E-state index in [-0.39, 0.29) is 0 Å². The summed E-state index contributed by atoms with van der Waals surface area (Å²) < 4.78 is 0. The summed E-state index contributed by atoms with van der Waals surface area (Å²) in [6, 6.07) is 9.36. The highest BCUT2D eigenvalue weighted by atomic mass is 35.5. The fourth-order valence-corrected chi connectivity index (χ4v) is 3.21. The van der Waals surface area contributed by atoms with Crippen molar-refractivity contribution in [3.05, 3.63) is 63.4 Å². The molecule has 1 heterocycles. The SMILES string of the molecule is C/C(=N/N=C(/N=CN(C)C)SCc1ccc(Cl)cc1Cl)c1ccc(C)nc1. The van der Waals surface area contributed by atoms with Crippen LogP contribution in [0.25, 0.3) is 0 Å². The number of halogens is 2. The molecule has 0 unspecified atom stereocenters. The van der Waals surface area contributed by atoms with Crippen molar-refractivity contribution in [3.63, 3.8) is 0 Å². The smallest absolute Gasteiger partial charge is 0.210 e. The molecule has 2 rings (SSSR count). The lowest BCUT2D eigenvalue weighted by Gasteiger charge is -2.06. The van der Waals surface area contributed by atoms with Gasteiger partial charge in [-0.3, -0.25) is 4.98 Å². The normalized spacial score (nSPS) is 12.7. The molecule has 0 saturated heterocycles. The topological polar surface area (TPSA) is 53.2 Å². The molecule has 1 aromatic heterocycles. The van der Waals surface area contributed by atoms with Crippen LogP contribution in [0.4, 0.5) is 0 Å². The van der Waals surface area contributed by atoms with Crippen molar-refractivity contribution in [2.75, 3.05) is 14.1 Å². The minimum absolute atomic E-state index is 0.536. The molecule has 27 heavy (non-hydrogen) atoms. The molecule has 0 spiro atoms. The van der Waals surface area contributed by atoms with Gasteiger partial charge in [0.2, 0.25) is 5.17 Å². The number of amidine groups is 1. The zero-order valence-corrected chi connectivity index (χ0v) is 18.0. The largest absolute Gasteiger partial charge is 0.369 e. The van der Waals surface area contributed by atoms with Crippen LogP contribution in [-0.4, -0.2) is 41.2 Å². The third kappa shape index (κ3) is 7.33. The second-order valence-corrected chi connectivity index (χ2v) is 7.77. The maximum Gasteiger partial charge on any atom is 0.210 e. The highest BCUT2D eigenvalue weighted by Crippen LogP contribution is 2.25. The Morgan fingerprint density at radius 2 is 1.96 bits per heavy atom. The molecule has 0 bridgehead atoms. The van der Waals surface area contributed by atoms with E-state index in [4.69, 9.17) is 23.2 Å². The van der Waals surface area contributed by atoms with E-state index >= 15 is 0 Å². The van der Waals surface area contributed by atoms with Crippen molar-refractivity contribution in [1.29, 1.82) is 0 Å². The van der Waals surface area contributed by atoms with E-state index in [0.717, 1.165) is 22.5 Å². The van der Waals surface area contributed by atoms with Gasteiger partial charge < -0.3 is 4.90 Å². The first kappa shape index (κ1) is 21.4. The number of hydrogen-bond acceptors (Lipinski definition) is 4. The van der Waals surface area contributed by atoms with Gasteiger partial charge in [0.25, 0.3) is 0 Å². The quantitative estimate of drug-likeness (QED) is 0.373. The first-order chi connectivity index (χ1) is 12.8. The molecule has 0 fully saturated rings. The van der Waals surface area contributed by atoms with Crippen LogP contribution in [0.1, 0.15) is 23.7 Å². The van der Waals surface area contributed by atoms with E-state index in [1.165, 1.54) is 11.8 Å². The summed E-state index contributed by atoms with van der Waals surface area (Å²) in [4.78, 5) is 10.5. The first-order valence-electron chi connectivity index (χ1n) is 8.18. The minimum Gasteiger partial charge on any atom is -0.369 e. The van der Waals surface area contributed by atoms with Crippen molar-refractivity contribution >= 4 is 52.2 Å². The number of nitrogens with zero attached hydrogens (tertiary/aromatic N) is 5. The summed E-state index contributed by atoms with van der Waals surface area (Å²) in [6.45, 7) is 3.84. The van der Waals surface area contributed by atoms with Crippen LogP contribution in [0.3, 0.4) is 0 Å². The van der Waals surface area contributed by atoms with Gasteiger partial charge in [0, 0.05) is 47.3 Å². The summed E-state index contributed by atoms with van der Waals surface area (Å²) in [5, 5.41) is 10.4. The van der Waals surface area contributed by atoms with Gasteiger partial charge in [-0.1, -0.05) is 41.0 Å². The summed E-state index contributed by atoms with van der Waals surface area (Å²) in [5.74, 6) is 0.611. The lowest BCUT2D eigenvalue weighted by atomic mass is 10.2. The molecule has 0 amide bonds. The number of hydrogen-bond donors (Lipinski definition) is 0. The molecule has 8 heteroatoms. The van der Waals surface area contributed by atoms with Gasteiger partial charge >= 0.3 is 0 Å². The fourth-order valence-electron chi connectivity index (χ4n) is 1.90. The molecule has 0 atom stereocenters. The van der Waals surface area contributed by atoms with Crippen molar-refractivity contribution in [1.82, 2.24) is 9.88 Å². The molecule has 142 valence electrons. The van der Waals surface area contributed by atoms with Crippen molar-refractivity contribution < 1.29 is 0 Å². The number of aromatic nitrogens is 1. The Kier molecular flexibility index (Phi) is 8.28. The van der Waals surface area contributed by atoms with Crippen LogP contribution in [0, 0.1) is 6.92 Å². The van der Waals surface area contributed by atoms with Gasteiger partial charge in [-0.2, -0.15) is 5.10 Å². The Hall–Kier alpha value is -1.89. The summed E-state index contributed by atoms with van der Waals surface area (Å²) in [7, 11) is 3.79. The summed E-state index contributed by atoms with van der Waals surface area (Å²) >= 11 is 13.6. The summed E-state index contributed by atoms with van der Waals surface area (Å²) in [6.07, 6.45) is 3.47. The van der Waals surface area contributed by atoms with Gasteiger partial charge in [0.1, 0.15) is 0 Å². The standard InChI is InChI=1S/C19H21Cl2N5S/c1-13-5-6-15(10-22-13)14(2)24-25-19(23-12-26(3)4)27-11-16-7-8-17(20)9-18(16)21/h5-10,12H,11H2,1-4H3/b23-12?,24-14-,25-19-. The maximum atomic E-state index is 6.24. The molecule has 2 aromatic rings. The lowest BCUT2D eigenvalue weighted by molar-refractivity contribution is 0.644. The molecular weight excluding hydrogens is 401 g/mol. The highest BCUT2D eigenvalue weighted by Gasteiger charge is 2.05. The molecule has 5 nitrogen and oxygen atoms in total. The van der Waals surface area contributed by atoms with Gasteiger partial charge in [-0.25, -0.2) is 4.99 Å². The Morgan fingerprint density at radius 3 is 2.59 bits per heavy atom. The first-order valence-corrected chi connectivity index (χ1v) is 9.92. The third-order valence-electron chi connectivity index (χ3n) is 3.39. The van der Waals surface area contributed by atoms with Crippen LogP contribution in [0.2, 0.25) is 10.0 Å². The second-order valence-electron chi connectivity index (χ2n) is 5.99. The molecule has 0 aliphatic carbocycles. The van der Waals surface area contributed by atoms with E-state index in [1.54, 1.807) is 18.6 Å². The van der Waals surface area contributed by atoms with Crippen LogP contribution in [0.5, 0.6) is 0 Å². The molecule has 0 N–H and O–H groups in total.